The average molecular weight is 2520 g/mol. The zero-order valence-electron chi connectivity index (χ0n) is 84.9. The van der Waals surface area contributed by atoms with E-state index in [2.05, 4.69) is 468 Å². The Morgan fingerprint density at radius 2 is 0.467 bits per heavy atom. The van der Waals surface area contributed by atoms with Crippen LogP contribution in [0.2, 0.25) is 0 Å². The molecular formula is C137H101Ir3N7S3-6. The van der Waals surface area contributed by atoms with Crippen molar-refractivity contribution in [1.82, 2.24) is 34.9 Å². The van der Waals surface area contributed by atoms with E-state index in [1.807, 2.05) is 54.7 Å². The zero-order chi connectivity index (χ0) is 100.0. The van der Waals surface area contributed by atoms with Crippen molar-refractivity contribution < 1.29 is 60.3 Å². The molecule has 6 aliphatic carbocycles. The number of aromatic nitrogens is 7. The minimum Gasteiger partial charge on any atom is -0.304 e. The minimum absolute atomic E-state index is 0. The third kappa shape index (κ3) is 17.3. The first-order chi connectivity index (χ1) is 71.4. The van der Waals surface area contributed by atoms with Crippen molar-refractivity contribution in [3.05, 3.63) is 498 Å². The second-order valence-corrected chi connectivity index (χ2v) is 45.1. The van der Waals surface area contributed by atoms with E-state index < -0.39 is 0 Å². The van der Waals surface area contributed by atoms with E-state index in [4.69, 9.17) is 19.9 Å². The van der Waals surface area contributed by atoms with Gasteiger partial charge >= 0.3 is 0 Å². The summed E-state index contributed by atoms with van der Waals surface area (Å²) in [5.74, 6) is 0. The number of nitrogens with zero attached hydrogens (tertiary/aromatic N) is 7. The number of para-hydroxylation sites is 5. The quantitative estimate of drug-likeness (QED) is 0.153. The van der Waals surface area contributed by atoms with Gasteiger partial charge in [-0.3, -0.25) is 24.9 Å². The van der Waals surface area contributed by atoms with Gasteiger partial charge in [-0.05, 0) is 159 Å². The monoisotopic (exact) mass is 2520 g/mol. The molecule has 7 nitrogen and oxygen atoms in total. The number of thiazole rings is 3. The van der Waals surface area contributed by atoms with Crippen LogP contribution in [0.5, 0.6) is 0 Å². The van der Waals surface area contributed by atoms with Gasteiger partial charge in [0.05, 0.1) is 27.6 Å². The maximum absolute atomic E-state index is 4.84. The largest absolute Gasteiger partial charge is 0.304 e. The summed E-state index contributed by atoms with van der Waals surface area (Å²) in [6.45, 7) is 27.6. The van der Waals surface area contributed by atoms with E-state index in [1.54, 1.807) is 40.3 Å². The molecule has 0 atom stereocenters. The van der Waals surface area contributed by atoms with Crippen LogP contribution >= 0.6 is 34.0 Å². The summed E-state index contributed by atoms with van der Waals surface area (Å²) in [5.41, 5.74) is 46.9. The molecule has 0 spiro atoms. The summed E-state index contributed by atoms with van der Waals surface area (Å²) in [6, 6.07) is 155. The summed E-state index contributed by atoms with van der Waals surface area (Å²) < 4.78 is 3.68. The molecule has 6 heterocycles. The molecule has 735 valence electrons. The zero-order valence-corrected chi connectivity index (χ0v) is 94.5. The predicted molar refractivity (Wildman–Crippen MR) is 613 cm³/mol. The molecule has 0 bridgehead atoms. The standard InChI is InChI=1S/2C24H18N.C23H17N2.3C22H16NS.3Ir/c1-24(2)20-9-5-4-8-18(20)19-13-11-17(15-21(19)24)23-14-12-16-7-3-6-10-22(16)25-23;1-24(2)21-10-6-5-9-19(21)20-12-11-17(15-22(20)24)23-18-8-4-3-7-16(18)13-14-25-23;1-23(2)19-9-5-3-7-16(19)17-12-11-15(13-20(17)23)22-18-8-4-6-10-21(18)24-14-25-22;3*1-22(2)17-8-4-3-7-15(17)16-12-11-14(13-18(16)22)21-23-19-9-5-6-10-20(19)24-21;;;/h2*3-10,12-15H,1-2H3;3-10,12-14H,1-2H3;3*3-10,12-13H,1-2H3;;;/q6*-1;;;. The van der Waals surface area contributed by atoms with Gasteiger partial charge in [0.25, 0.3) is 0 Å². The molecule has 0 aliphatic heterocycles. The van der Waals surface area contributed by atoms with Crippen LogP contribution in [0.25, 0.3) is 195 Å². The third-order valence-corrected chi connectivity index (χ3v) is 34.5. The van der Waals surface area contributed by atoms with E-state index in [1.165, 1.54) is 164 Å². The van der Waals surface area contributed by atoms with E-state index in [9.17, 15) is 0 Å². The maximum Gasteiger partial charge on any atom is 0.106 e. The van der Waals surface area contributed by atoms with Crippen LogP contribution in [0, 0.1) is 36.4 Å². The molecule has 30 rings (SSSR count). The van der Waals surface area contributed by atoms with Gasteiger partial charge in [0.2, 0.25) is 0 Å². The average Bonchev–Trinajstić information content (AvgIpc) is 1.60. The molecule has 0 saturated heterocycles. The van der Waals surface area contributed by atoms with Gasteiger partial charge in [-0.1, -0.05) is 405 Å². The van der Waals surface area contributed by atoms with E-state index >= 15 is 0 Å². The second-order valence-electron chi connectivity index (χ2n) is 42.0. The second kappa shape index (κ2) is 39.6. The molecule has 0 N–H and O–H groups in total. The molecular weight excluding hydrogens is 2420 g/mol. The van der Waals surface area contributed by atoms with Crippen molar-refractivity contribution in [2.45, 2.75) is 116 Å². The molecule has 6 aliphatic rings. The van der Waals surface area contributed by atoms with Crippen molar-refractivity contribution in [3.8, 4) is 132 Å². The van der Waals surface area contributed by atoms with Crippen LogP contribution < -0.4 is 0 Å². The van der Waals surface area contributed by atoms with Crippen molar-refractivity contribution in [2.24, 2.45) is 0 Å². The molecule has 6 aromatic heterocycles. The first kappa shape index (κ1) is 100. The fourth-order valence-corrected chi connectivity index (χ4v) is 26.2. The van der Waals surface area contributed by atoms with Crippen LogP contribution in [0.15, 0.2) is 395 Å². The predicted octanol–water partition coefficient (Wildman–Crippen LogP) is 35.6. The van der Waals surface area contributed by atoms with E-state index in [0.29, 0.717) is 0 Å². The first-order valence-electron chi connectivity index (χ1n) is 50.3. The van der Waals surface area contributed by atoms with Gasteiger partial charge in [-0.2, -0.15) is 34.0 Å². The third-order valence-electron chi connectivity index (χ3n) is 31.3. The Labute approximate surface area is 929 Å². The van der Waals surface area contributed by atoms with Gasteiger partial charge in [0, 0.05) is 95.6 Å². The fraction of sp³-hybridized carbons (Fsp3) is 0.131. The summed E-state index contributed by atoms with van der Waals surface area (Å²) in [5, 5.41) is 7.76. The number of hydrogen-bond acceptors (Lipinski definition) is 10. The van der Waals surface area contributed by atoms with Crippen LogP contribution in [0.1, 0.15) is 150 Å². The number of hydrogen-bond donors (Lipinski definition) is 0. The van der Waals surface area contributed by atoms with Crippen LogP contribution in [0.4, 0.5) is 0 Å². The van der Waals surface area contributed by atoms with Crippen molar-refractivity contribution in [3.63, 3.8) is 0 Å². The Balaban J connectivity index is 0.000000101. The van der Waals surface area contributed by atoms with Gasteiger partial charge in [-0.25, -0.2) is 4.98 Å². The van der Waals surface area contributed by atoms with E-state index in [0.717, 1.165) is 98.5 Å². The first-order valence-corrected chi connectivity index (χ1v) is 52.8. The number of rotatable bonds is 6. The molecule has 24 aromatic rings. The minimum atomic E-state index is -0.0153. The number of pyridine rings is 2. The number of benzene rings is 18. The Kier molecular flexibility index (Phi) is 26.5. The molecule has 3 radical (unpaired) electrons. The summed E-state index contributed by atoms with van der Waals surface area (Å²) in [6.07, 6.45) is 3.53. The molecule has 0 amide bonds. The van der Waals surface area contributed by atoms with Gasteiger partial charge in [-0.15, -0.1) is 176 Å². The molecule has 13 heteroatoms. The van der Waals surface area contributed by atoms with Crippen LogP contribution in [0.3, 0.4) is 0 Å². The Morgan fingerprint density at radius 1 is 0.200 bits per heavy atom. The van der Waals surface area contributed by atoms with Crippen LogP contribution in [-0.4, -0.2) is 34.9 Å². The Bertz CT molecular complexity index is 8720. The molecule has 150 heavy (non-hydrogen) atoms. The summed E-state index contributed by atoms with van der Waals surface area (Å²) >= 11 is 5.21. The van der Waals surface area contributed by atoms with E-state index in [-0.39, 0.29) is 92.8 Å². The van der Waals surface area contributed by atoms with Crippen molar-refractivity contribution in [1.29, 1.82) is 0 Å². The Hall–Kier alpha value is -14.3. The summed E-state index contributed by atoms with van der Waals surface area (Å²) in [4.78, 5) is 32.8. The van der Waals surface area contributed by atoms with Gasteiger partial charge in [0.15, 0.2) is 0 Å². The van der Waals surface area contributed by atoms with Crippen LogP contribution in [-0.2, 0) is 92.8 Å². The SMILES string of the molecule is CC1(C)c2ccccc2-c2c[c-]c(-c3ccc4ccccc4n3)cc21.CC1(C)c2ccccc2-c2c[c-]c(-c3nc4ccccc4s3)cc21.CC1(C)c2ccccc2-c2c[c-]c(-c3nc4ccccc4s3)cc21.CC1(C)c2ccccc2-c2c[c-]c(-c3nc4ccccc4s3)cc21.CC1(C)c2ccccc2-c2c[c-]c(-c3nccc4ccccc34)cc21.CC1(C)c2ccccc2-c2c[c-]c(-c3ncnc4ccccc34)cc21.[Ir].[Ir].[Ir]. The normalized spacial score (nSPS) is 14.2. The summed E-state index contributed by atoms with van der Waals surface area (Å²) in [7, 11) is 0. The molecule has 0 saturated carbocycles. The topological polar surface area (TPSA) is 90.2 Å². The van der Waals surface area contributed by atoms with Crippen molar-refractivity contribution >= 4 is 97.2 Å². The van der Waals surface area contributed by atoms with Crippen molar-refractivity contribution in [2.75, 3.05) is 0 Å². The molecule has 0 unspecified atom stereocenters. The molecule has 0 fully saturated rings. The molecule has 18 aromatic carbocycles. The Morgan fingerprint density at radius 3 is 0.820 bits per heavy atom. The number of fused-ring (bicyclic) bond motifs is 24. The maximum atomic E-state index is 4.84. The van der Waals surface area contributed by atoms with Gasteiger partial charge in [0.1, 0.15) is 6.33 Å². The fourth-order valence-electron chi connectivity index (χ4n) is 23.4. The van der Waals surface area contributed by atoms with Gasteiger partial charge < -0.3 is 4.98 Å². The smallest absolute Gasteiger partial charge is 0.106 e.